The van der Waals surface area contributed by atoms with E-state index < -0.39 is 0 Å². The van der Waals surface area contributed by atoms with Crippen LogP contribution in [0.25, 0.3) is 0 Å². The lowest BCUT2D eigenvalue weighted by atomic mass is 10.0. The van der Waals surface area contributed by atoms with Crippen LogP contribution in [0.4, 0.5) is 5.69 Å². The van der Waals surface area contributed by atoms with Crippen molar-refractivity contribution in [1.29, 1.82) is 0 Å². The van der Waals surface area contributed by atoms with E-state index in [9.17, 15) is 0 Å². The van der Waals surface area contributed by atoms with Crippen LogP contribution >= 0.6 is 12.2 Å². The van der Waals surface area contributed by atoms with Gasteiger partial charge in [-0.2, -0.15) is 0 Å². The summed E-state index contributed by atoms with van der Waals surface area (Å²) in [5, 5.41) is 7.32. The average molecular weight is 327 g/mol. The Bertz CT molecular complexity index is 662. The molecule has 2 aromatic carbocycles. The molecule has 0 aliphatic rings. The van der Waals surface area contributed by atoms with E-state index in [1.54, 1.807) is 0 Å². The smallest absolute Gasteiger partial charge is 0.171 e. The third-order valence-corrected chi connectivity index (χ3v) is 4.23. The second-order valence-electron chi connectivity index (χ2n) is 6.13. The van der Waals surface area contributed by atoms with E-state index in [0.29, 0.717) is 5.11 Å². The van der Waals surface area contributed by atoms with Crippen molar-refractivity contribution in [2.75, 3.05) is 5.32 Å². The van der Waals surface area contributed by atoms with Crippen LogP contribution in [0.1, 0.15) is 48.6 Å². The second kappa shape index (κ2) is 8.11. The van der Waals surface area contributed by atoms with Gasteiger partial charge < -0.3 is 10.6 Å². The molecule has 0 bridgehead atoms. The summed E-state index contributed by atoms with van der Waals surface area (Å²) in [7, 11) is 0. The fraction of sp³-hybridized carbons (Fsp3) is 0.350. The first-order valence-corrected chi connectivity index (χ1v) is 8.64. The molecular weight excluding hydrogens is 300 g/mol. The fourth-order valence-corrected chi connectivity index (χ4v) is 2.86. The molecule has 0 amide bonds. The van der Waals surface area contributed by atoms with Crippen LogP contribution in [-0.4, -0.2) is 5.11 Å². The van der Waals surface area contributed by atoms with E-state index >= 15 is 0 Å². The largest absolute Gasteiger partial charge is 0.356 e. The molecule has 2 rings (SSSR count). The zero-order chi connectivity index (χ0) is 16.8. The number of anilines is 1. The molecule has 2 nitrogen and oxygen atoms in total. The van der Waals surface area contributed by atoms with E-state index in [1.165, 1.54) is 28.7 Å². The van der Waals surface area contributed by atoms with Gasteiger partial charge in [-0.25, -0.2) is 0 Å². The van der Waals surface area contributed by atoms with E-state index in [2.05, 4.69) is 80.8 Å². The summed E-state index contributed by atoms with van der Waals surface area (Å²) in [6.07, 6.45) is 2.31. The summed E-state index contributed by atoms with van der Waals surface area (Å²) >= 11 is 5.46. The van der Waals surface area contributed by atoms with Crippen LogP contribution < -0.4 is 10.6 Å². The molecule has 0 spiro atoms. The van der Waals surface area contributed by atoms with Crippen molar-refractivity contribution in [3.8, 4) is 0 Å². The van der Waals surface area contributed by atoms with Gasteiger partial charge in [0.2, 0.25) is 0 Å². The van der Waals surface area contributed by atoms with E-state index in [1.807, 2.05) is 0 Å². The molecule has 2 aromatic rings. The summed E-state index contributed by atoms with van der Waals surface area (Å²) in [5.41, 5.74) is 6.11. The van der Waals surface area contributed by atoms with Gasteiger partial charge in [0.15, 0.2) is 5.11 Å². The van der Waals surface area contributed by atoms with Crippen molar-refractivity contribution in [1.82, 2.24) is 5.32 Å². The SMILES string of the molecule is CCCc1ccc(C(C)NC(=S)Nc2cc(C)ccc2C)cc1. The molecule has 0 saturated carbocycles. The minimum atomic E-state index is 0.177. The lowest BCUT2D eigenvalue weighted by molar-refractivity contribution is 0.721. The first kappa shape index (κ1) is 17.5. The van der Waals surface area contributed by atoms with Crippen molar-refractivity contribution >= 4 is 23.0 Å². The molecule has 0 saturated heterocycles. The van der Waals surface area contributed by atoms with Gasteiger partial charge in [-0.15, -0.1) is 0 Å². The zero-order valence-corrected chi connectivity index (χ0v) is 15.3. The summed E-state index contributed by atoms with van der Waals surface area (Å²) in [4.78, 5) is 0. The summed E-state index contributed by atoms with van der Waals surface area (Å²) in [6, 6.07) is 15.3. The quantitative estimate of drug-likeness (QED) is 0.729. The van der Waals surface area contributed by atoms with Gasteiger partial charge in [0.1, 0.15) is 0 Å². The van der Waals surface area contributed by atoms with Crippen LogP contribution in [0, 0.1) is 13.8 Å². The van der Waals surface area contributed by atoms with Crippen LogP contribution in [0.15, 0.2) is 42.5 Å². The fourth-order valence-electron chi connectivity index (χ4n) is 2.57. The predicted molar refractivity (Wildman–Crippen MR) is 104 cm³/mol. The first-order valence-electron chi connectivity index (χ1n) is 8.23. The molecule has 1 atom stereocenters. The van der Waals surface area contributed by atoms with Crippen molar-refractivity contribution in [2.45, 2.75) is 46.6 Å². The minimum absolute atomic E-state index is 0.177. The molecule has 0 fully saturated rings. The highest BCUT2D eigenvalue weighted by atomic mass is 32.1. The molecule has 0 aromatic heterocycles. The van der Waals surface area contributed by atoms with E-state index in [4.69, 9.17) is 12.2 Å². The number of hydrogen-bond donors (Lipinski definition) is 2. The molecular formula is C20H26N2S. The Morgan fingerprint density at radius 2 is 1.78 bits per heavy atom. The van der Waals surface area contributed by atoms with Crippen molar-refractivity contribution in [3.05, 3.63) is 64.7 Å². The zero-order valence-electron chi connectivity index (χ0n) is 14.4. The summed E-state index contributed by atoms with van der Waals surface area (Å²) < 4.78 is 0. The Morgan fingerprint density at radius 3 is 2.43 bits per heavy atom. The van der Waals surface area contributed by atoms with Gasteiger partial charge in [-0.05, 0) is 67.7 Å². The van der Waals surface area contributed by atoms with Crippen molar-refractivity contribution in [3.63, 3.8) is 0 Å². The van der Waals surface area contributed by atoms with E-state index in [-0.39, 0.29) is 6.04 Å². The molecule has 1 unspecified atom stereocenters. The Kier molecular flexibility index (Phi) is 6.17. The molecule has 122 valence electrons. The highest BCUT2D eigenvalue weighted by Gasteiger charge is 2.08. The summed E-state index contributed by atoms with van der Waals surface area (Å²) in [5.74, 6) is 0. The first-order chi connectivity index (χ1) is 11.0. The maximum absolute atomic E-state index is 5.46. The van der Waals surface area contributed by atoms with Gasteiger partial charge in [-0.1, -0.05) is 49.7 Å². The van der Waals surface area contributed by atoms with Crippen molar-refractivity contribution < 1.29 is 0 Å². The molecule has 3 heteroatoms. The number of nitrogens with one attached hydrogen (secondary N) is 2. The Morgan fingerprint density at radius 1 is 1.09 bits per heavy atom. The molecule has 23 heavy (non-hydrogen) atoms. The molecule has 0 aliphatic heterocycles. The lowest BCUT2D eigenvalue weighted by Crippen LogP contribution is -2.31. The van der Waals surface area contributed by atoms with E-state index in [0.717, 1.165) is 12.1 Å². The second-order valence-corrected chi connectivity index (χ2v) is 6.54. The number of rotatable bonds is 5. The Labute approximate surface area is 145 Å². The van der Waals surface area contributed by atoms with Gasteiger partial charge >= 0.3 is 0 Å². The molecule has 0 heterocycles. The van der Waals surface area contributed by atoms with Gasteiger partial charge in [0.05, 0.1) is 6.04 Å². The highest BCUT2D eigenvalue weighted by Crippen LogP contribution is 2.18. The van der Waals surface area contributed by atoms with Crippen LogP contribution in [-0.2, 0) is 6.42 Å². The number of aryl methyl sites for hydroxylation is 3. The molecule has 0 radical (unpaired) electrons. The normalized spacial score (nSPS) is 11.8. The number of hydrogen-bond acceptors (Lipinski definition) is 1. The van der Waals surface area contributed by atoms with Crippen LogP contribution in [0.3, 0.4) is 0 Å². The van der Waals surface area contributed by atoms with Gasteiger partial charge in [0.25, 0.3) is 0 Å². The third kappa shape index (κ3) is 5.07. The maximum atomic E-state index is 5.46. The number of thiocarbonyl (C=S) groups is 1. The highest BCUT2D eigenvalue weighted by molar-refractivity contribution is 7.80. The Balaban J connectivity index is 1.97. The van der Waals surface area contributed by atoms with Gasteiger partial charge in [-0.3, -0.25) is 0 Å². The Hall–Kier alpha value is -1.87. The standard InChI is InChI=1S/C20H26N2S/c1-5-6-17-9-11-18(12-10-17)16(4)21-20(23)22-19-13-14(2)7-8-15(19)3/h7-13,16H,5-6H2,1-4H3,(H2,21,22,23). The predicted octanol–water partition coefficient (Wildman–Crippen LogP) is 5.30. The number of benzene rings is 2. The molecule has 2 N–H and O–H groups in total. The average Bonchev–Trinajstić information content (AvgIpc) is 2.52. The monoisotopic (exact) mass is 326 g/mol. The minimum Gasteiger partial charge on any atom is -0.356 e. The topological polar surface area (TPSA) is 24.1 Å². The lowest BCUT2D eigenvalue weighted by Gasteiger charge is -2.19. The third-order valence-electron chi connectivity index (χ3n) is 4.01. The van der Waals surface area contributed by atoms with Crippen LogP contribution in [0.5, 0.6) is 0 Å². The maximum Gasteiger partial charge on any atom is 0.171 e. The molecule has 0 aliphatic carbocycles. The van der Waals surface area contributed by atoms with Crippen LogP contribution in [0.2, 0.25) is 0 Å². The van der Waals surface area contributed by atoms with Gasteiger partial charge in [0, 0.05) is 5.69 Å². The summed E-state index contributed by atoms with van der Waals surface area (Å²) in [6.45, 7) is 8.50. The van der Waals surface area contributed by atoms with Crippen molar-refractivity contribution in [2.24, 2.45) is 0 Å².